The molecule has 0 spiro atoms. The Morgan fingerprint density at radius 3 is 2.81 bits per heavy atom. The largest absolute Gasteiger partial charge is 0.364 e. The van der Waals surface area contributed by atoms with Crippen molar-refractivity contribution < 1.29 is 0 Å². The van der Waals surface area contributed by atoms with Crippen LogP contribution >= 0.6 is 43.2 Å². The highest BCUT2D eigenvalue weighted by Crippen LogP contribution is 2.25. The van der Waals surface area contributed by atoms with E-state index in [0.717, 1.165) is 26.9 Å². The van der Waals surface area contributed by atoms with Crippen molar-refractivity contribution >= 4 is 49.0 Å². The third-order valence-corrected chi connectivity index (χ3v) is 4.62. The SMILES string of the molecule is Cc1cnc(NCc2sccc2Br)c(Br)c1. The third kappa shape index (κ3) is 2.84. The fourth-order valence-electron chi connectivity index (χ4n) is 1.28. The van der Waals surface area contributed by atoms with Crippen LogP contribution in [0.15, 0.2) is 32.7 Å². The Kier molecular flexibility index (Phi) is 4.00. The van der Waals surface area contributed by atoms with Gasteiger partial charge in [0.25, 0.3) is 0 Å². The van der Waals surface area contributed by atoms with Gasteiger partial charge in [-0.15, -0.1) is 11.3 Å². The van der Waals surface area contributed by atoms with Gasteiger partial charge in [0.15, 0.2) is 0 Å². The molecule has 0 atom stereocenters. The molecule has 0 aliphatic rings. The van der Waals surface area contributed by atoms with E-state index in [2.05, 4.69) is 59.7 Å². The number of anilines is 1. The van der Waals surface area contributed by atoms with Crippen LogP contribution in [0.5, 0.6) is 0 Å². The van der Waals surface area contributed by atoms with Gasteiger partial charge in [0, 0.05) is 15.5 Å². The van der Waals surface area contributed by atoms with Gasteiger partial charge >= 0.3 is 0 Å². The minimum atomic E-state index is 0.785. The minimum absolute atomic E-state index is 0.785. The summed E-state index contributed by atoms with van der Waals surface area (Å²) in [6.45, 7) is 2.81. The fourth-order valence-corrected chi connectivity index (χ4v) is 3.31. The molecule has 0 amide bonds. The molecule has 2 nitrogen and oxygen atoms in total. The first-order valence-electron chi connectivity index (χ1n) is 4.74. The van der Waals surface area contributed by atoms with Gasteiger partial charge < -0.3 is 5.32 Å². The molecule has 0 aliphatic carbocycles. The summed E-state index contributed by atoms with van der Waals surface area (Å²) in [5, 5.41) is 5.37. The number of aromatic nitrogens is 1. The van der Waals surface area contributed by atoms with Crippen LogP contribution in [-0.2, 0) is 6.54 Å². The highest BCUT2D eigenvalue weighted by molar-refractivity contribution is 9.11. The van der Waals surface area contributed by atoms with E-state index in [9.17, 15) is 0 Å². The lowest BCUT2D eigenvalue weighted by Gasteiger charge is -2.07. The summed E-state index contributed by atoms with van der Waals surface area (Å²) in [5.41, 5.74) is 1.15. The molecule has 0 fully saturated rings. The van der Waals surface area contributed by atoms with Gasteiger partial charge in [0.05, 0.1) is 11.0 Å². The molecule has 0 aromatic carbocycles. The summed E-state index contributed by atoms with van der Waals surface area (Å²) in [5.74, 6) is 0.880. The van der Waals surface area contributed by atoms with Crippen molar-refractivity contribution in [1.29, 1.82) is 0 Å². The standard InChI is InChI=1S/C11H10Br2N2S/c1-7-4-9(13)11(14-5-7)15-6-10-8(12)2-3-16-10/h2-5H,6H2,1H3,(H,14,15). The highest BCUT2D eigenvalue weighted by Gasteiger charge is 2.04. The van der Waals surface area contributed by atoms with E-state index < -0.39 is 0 Å². The van der Waals surface area contributed by atoms with Crippen LogP contribution in [0.2, 0.25) is 0 Å². The van der Waals surface area contributed by atoms with Gasteiger partial charge in [0.2, 0.25) is 0 Å². The van der Waals surface area contributed by atoms with Gasteiger partial charge in [-0.2, -0.15) is 0 Å². The lowest BCUT2D eigenvalue weighted by Crippen LogP contribution is -2.01. The lowest BCUT2D eigenvalue weighted by molar-refractivity contribution is 1.12. The number of rotatable bonds is 3. The van der Waals surface area contributed by atoms with E-state index in [1.165, 1.54) is 4.88 Å². The zero-order valence-corrected chi connectivity index (χ0v) is 12.6. The molecule has 1 N–H and O–H groups in total. The Morgan fingerprint density at radius 1 is 1.38 bits per heavy atom. The fraction of sp³-hybridized carbons (Fsp3) is 0.182. The summed E-state index contributed by atoms with van der Waals surface area (Å²) in [6.07, 6.45) is 1.86. The van der Waals surface area contributed by atoms with Crippen LogP contribution in [0.4, 0.5) is 5.82 Å². The zero-order valence-electron chi connectivity index (χ0n) is 8.63. The number of pyridine rings is 1. The van der Waals surface area contributed by atoms with Crippen molar-refractivity contribution in [1.82, 2.24) is 4.98 Å². The third-order valence-electron chi connectivity index (χ3n) is 2.09. The van der Waals surface area contributed by atoms with Gasteiger partial charge in [-0.3, -0.25) is 0 Å². The molecular weight excluding hydrogens is 352 g/mol. The molecule has 0 bridgehead atoms. The molecule has 84 valence electrons. The summed E-state index contributed by atoms with van der Waals surface area (Å²) in [7, 11) is 0. The molecule has 0 unspecified atom stereocenters. The number of thiophene rings is 1. The van der Waals surface area contributed by atoms with Crippen LogP contribution in [0.25, 0.3) is 0 Å². The smallest absolute Gasteiger partial charge is 0.140 e. The maximum atomic E-state index is 4.34. The first-order chi connectivity index (χ1) is 7.66. The average molecular weight is 362 g/mol. The normalized spacial score (nSPS) is 10.4. The van der Waals surface area contributed by atoms with Crippen molar-refractivity contribution in [3.05, 3.63) is 43.1 Å². The summed E-state index contributed by atoms with van der Waals surface area (Å²) in [6, 6.07) is 4.11. The topological polar surface area (TPSA) is 24.9 Å². The molecular formula is C11H10Br2N2S. The van der Waals surface area contributed by atoms with E-state index in [-0.39, 0.29) is 0 Å². The van der Waals surface area contributed by atoms with Crippen molar-refractivity contribution in [2.75, 3.05) is 5.32 Å². The molecule has 0 radical (unpaired) electrons. The Balaban J connectivity index is 2.08. The second kappa shape index (κ2) is 5.29. The molecule has 0 saturated heterocycles. The summed E-state index contributed by atoms with van der Waals surface area (Å²) < 4.78 is 2.15. The number of nitrogens with zero attached hydrogens (tertiary/aromatic N) is 1. The quantitative estimate of drug-likeness (QED) is 0.864. The highest BCUT2D eigenvalue weighted by atomic mass is 79.9. The summed E-state index contributed by atoms with van der Waals surface area (Å²) >= 11 is 8.73. The first-order valence-corrected chi connectivity index (χ1v) is 7.21. The maximum Gasteiger partial charge on any atom is 0.140 e. The van der Waals surface area contributed by atoms with Crippen LogP contribution in [0, 0.1) is 6.92 Å². The van der Waals surface area contributed by atoms with Crippen molar-refractivity contribution in [2.24, 2.45) is 0 Å². The second-order valence-corrected chi connectivity index (χ2v) is 6.10. The number of nitrogens with one attached hydrogen (secondary N) is 1. The molecule has 16 heavy (non-hydrogen) atoms. The Hall–Kier alpha value is -0.390. The first kappa shape index (κ1) is 12.1. The molecule has 0 aliphatic heterocycles. The van der Waals surface area contributed by atoms with Gasteiger partial charge in [-0.25, -0.2) is 4.98 Å². The zero-order chi connectivity index (χ0) is 11.5. The average Bonchev–Trinajstić information content (AvgIpc) is 2.63. The number of halogens is 2. The van der Waals surface area contributed by atoms with Crippen LogP contribution in [0.3, 0.4) is 0 Å². The Labute approximate surface area is 115 Å². The lowest BCUT2D eigenvalue weighted by atomic mass is 10.3. The Morgan fingerprint density at radius 2 is 2.19 bits per heavy atom. The van der Waals surface area contributed by atoms with Crippen molar-refractivity contribution in [3.63, 3.8) is 0 Å². The van der Waals surface area contributed by atoms with E-state index in [0.29, 0.717) is 0 Å². The predicted octanol–water partition coefficient (Wildman–Crippen LogP) is 4.59. The predicted molar refractivity (Wildman–Crippen MR) is 76.0 cm³/mol. The molecule has 2 heterocycles. The van der Waals surface area contributed by atoms with Gasteiger partial charge in [0.1, 0.15) is 5.82 Å². The second-order valence-electron chi connectivity index (χ2n) is 3.39. The Bertz CT molecular complexity index is 496. The monoisotopic (exact) mass is 360 g/mol. The maximum absolute atomic E-state index is 4.34. The molecule has 2 rings (SSSR count). The number of hydrogen-bond donors (Lipinski definition) is 1. The van der Waals surface area contributed by atoms with Crippen molar-refractivity contribution in [3.8, 4) is 0 Å². The minimum Gasteiger partial charge on any atom is -0.364 e. The molecule has 5 heteroatoms. The van der Waals surface area contributed by atoms with Crippen molar-refractivity contribution in [2.45, 2.75) is 13.5 Å². The van der Waals surface area contributed by atoms with Crippen LogP contribution < -0.4 is 5.32 Å². The molecule has 2 aromatic heterocycles. The van der Waals surface area contributed by atoms with Gasteiger partial charge in [-0.1, -0.05) is 0 Å². The number of hydrogen-bond acceptors (Lipinski definition) is 3. The number of aryl methyl sites for hydroxylation is 1. The van der Waals surface area contributed by atoms with E-state index in [1.807, 2.05) is 13.1 Å². The van der Waals surface area contributed by atoms with Crippen LogP contribution in [-0.4, -0.2) is 4.98 Å². The van der Waals surface area contributed by atoms with Crippen LogP contribution in [0.1, 0.15) is 10.4 Å². The van der Waals surface area contributed by atoms with E-state index in [1.54, 1.807) is 11.3 Å². The molecule has 2 aromatic rings. The molecule has 0 saturated carbocycles. The van der Waals surface area contributed by atoms with E-state index >= 15 is 0 Å². The van der Waals surface area contributed by atoms with Gasteiger partial charge in [-0.05, 0) is 61.9 Å². The summed E-state index contributed by atoms with van der Waals surface area (Å²) in [4.78, 5) is 5.61. The van der Waals surface area contributed by atoms with E-state index in [4.69, 9.17) is 0 Å².